The van der Waals surface area contributed by atoms with Crippen molar-refractivity contribution in [1.29, 1.82) is 0 Å². The smallest absolute Gasteiger partial charge is 0.411 e. The van der Waals surface area contributed by atoms with E-state index in [0.717, 1.165) is 30.5 Å². The van der Waals surface area contributed by atoms with Crippen LogP contribution in [0.4, 0.5) is 9.59 Å². The van der Waals surface area contributed by atoms with Crippen molar-refractivity contribution in [3.8, 4) is 0 Å². The molecule has 26 heavy (non-hydrogen) atoms. The van der Waals surface area contributed by atoms with Gasteiger partial charge in [0.1, 0.15) is 0 Å². The summed E-state index contributed by atoms with van der Waals surface area (Å²) in [5, 5.41) is 9.60. The first-order chi connectivity index (χ1) is 12.1. The zero-order chi connectivity index (χ0) is 19.3. The van der Waals surface area contributed by atoms with E-state index in [1.807, 2.05) is 56.9 Å². The van der Waals surface area contributed by atoms with E-state index >= 15 is 0 Å². The highest BCUT2D eigenvalue weighted by atomic mass is 16.6. The SMILES string of the molecule is C[C@@H](c1ccc([C@H]2OC(=O)N3CCC[C@]23C)cc1)N(C(=O)O)C(C)(C)C. The Kier molecular flexibility index (Phi) is 4.41. The fourth-order valence-corrected chi connectivity index (χ4v) is 4.41. The maximum Gasteiger partial charge on any atom is 0.411 e. The van der Waals surface area contributed by atoms with Crippen molar-refractivity contribution < 1.29 is 19.4 Å². The molecule has 2 aliphatic heterocycles. The summed E-state index contributed by atoms with van der Waals surface area (Å²) in [6, 6.07) is 7.53. The average molecular weight is 360 g/mol. The summed E-state index contributed by atoms with van der Waals surface area (Å²) in [5.41, 5.74) is 1.09. The predicted molar refractivity (Wildman–Crippen MR) is 98.0 cm³/mol. The molecule has 2 saturated heterocycles. The second kappa shape index (κ2) is 6.18. The number of hydrogen-bond acceptors (Lipinski definition) is 3. The van der Waals surface area contributed by atoms with Gasteiger partial charge in [-0.2, -0.15) is 0 Å². The van der Waals surface area contributed by atoms with E-state index in [9.17, 15) is 14.7 Å². The van der Waals surface area contributed by atoms with Crippen LogP contribution in [0.2, 0.25) is 0 Å². The maximum atomic E-state index is 12.1. The number of amides is 2. The zero-order valence-electron chi connectivity index (χ0n) is 16.2. The molecule has 1 N–H and O–H groups in total. The first-order valence-electron chi connectivity index (χ1n) is 9.16. The van der Waals surface area contributed by atoms with Crippen LogP contribution in [0, 0.1) is 0 Å². The van der Waals surface area contributed by atoms with E-state index in [1.165, 1.54) is 4.90 Å². The van der Waals surface area contributed by atoms with Crippen LogP contribution in [0.3, 0.4) is 0 Å². The summed E-state index contributed by atoms with van der Waals surface area (Å²) in [4.78, 5) is 27.1. The summed E-state index contributed by atoms with van der Waals surface area (Å²) < 4.78 is 5.64. The Bertz CT molecular complexity index is 710. The van der Waals surface area contributed by atoms with E-state index < -0.39 is 11.6 Å². The lowest BCUT2D eigenvalue weighted by atomic mass is 9.87. The molecule has 3 rings (SSSR count). The van der Waals surface area contributed by atoms with Gasteiger partial charge in [0.15, 0.2) is 6.10 Å². The molecule has 0 bridgehead atoms. The van der Waals surface area contributed by atoms with Crippen molar-refractivity contribution in [3.63, 3.8) is 0 Å². The second-order valence-corrected chi connectivity index (χ2v) is 8.54. The monoisotopic (exact) mass is 360 g/mol. The van der Waals surface area contributed by atoms with Gasteiger partial charge < -0.3 is 9.84 Å². The van der Waals surface area contributed by atoms with E-state index in [0.29, 0.717) is 0 Å². The first kappa shape index (κ1) is 18.5. The van der Waals surface area contributed by atoms with Crippen LogP contribution >= 0.6 is 0 Å². The van der Waals surface area contributed by atoms with Crippen LogP contribution in [-0.4, -0.2) is 44.7 Å². The van der Waals surface area contributed by atoms with Crippen molar-refractivity contribution in [1.82, 2.24) is 9.80 Å². The normalized spacial score (nSPS) is 26.4. The number of hydrogen-bond donors (Lipinski definition) is 1. The number of ether oxygens (including phenoxy) is 1. The van der Waals surface area contributed by atoms with Gasteiger partial charge in [0.25, 0.3) is 0 Å². The number of nitrogens with zero attached hydrogens (tertiary/aromatic N) is 2. The average Bonchev–Trinajstić information content (AvgIpc) is 3.03. The summed E-state index contributed by atoms with van der Waals surface area (Å²) in [6.07, 6.45) is 0.472. The molecule has 1 aromatic carbocycles. The number of carbonyl (C=O) groups excluding carboxylic acids is 1. The highest BCUT2D eigenvalue weighted by Gasteiger charge is 2.54. The van der Waals surface area contributed by atoms with Crippen molar-refractivity contribution in [2.24, 2.45) is 0 Å². The largest absolute Gasteiger partial charge is 0.465 e. The topological polar surface area (TPSA) is 70.1 Å². The predicted octanol–water partition coefficient (Wildman–Crippen LogP) is 4.57. The molecule has 2 aliphatic rings. The van der Waals surface area contributed by atoms with Crippen LogP contribution < -0.4 is 0 Å². The Balaban J connectivity index is 1.85. The summed E-state index contributed by atoms with van der Waals surface area (Å²) >= 11 is 0. The number of cyclic esters (lactones) is 1. The third-order valence-corrected chi connectivity index (χ3v) is 5.72. The molecule has 0 saturated carbocycles. The highest BCUT2D eigenvalue weighted by molar-refractivity contribution is 5.72. The highest BCUT2D eigenvalue weighted by Crippen LogP contribution is 2.47. The number of carboxylic acid groups (broad SMARTS) is 1. The fraction of sp³-hybridized carbons (Fsp3) is 0.600. The molecule has 0 spiro atoms. The number of fused-ring (bicyclic) bond motifs is 1. The molecule has 2 heterocycles. The lowest BCUT2D eigenvalue weighted by Gasteiger charge is -2.38. The molecular weight excluding hydrogens is 332 g/mol. The molecule has 6 nitrogen and oxygen atoms in total. The van der Waals surface area contributed by atoms with Crippen LogP contribution in [0.15, 0.2) is 24.3 Å². The summed E-state index contributed by atoms with van der Waals surface area (Å²) in [5.74, 6) is 0. The Morgan fingerprint density at radius 3 is 2.50 bits per heavy atom. The minimum absolute atomic E-state index is 0.239. The van der Waals surface area contributed by atoms with Crippen LogP contribution in [-0.2, 0) is 4.74 Å². The molecule has 0 radical (unpaired) electrons. The minimum atomic E-state index is -0.937. The van der Waals surface area contributed by atoms with E-state index in [1.54, 1.807) is 0 Å². The molecule has 0 aliphatic carbocycles. The van der Waals surface area contributed by atoms with E-state index in [2.05, 4.69) is 6.92 Å². The van der Waals surface area contributed by atoms with Crippen molar-refractivity contribution in [2.45, 2.75) is 70.7 Å². The molecule has 0 aromatic heterocycles. The fourth-order valence-electron chi connectivity index (χ4n) is 4.41. The number of carbonyl (C=O) groups is 2. The van der Waals surface area contributed by atoms with Crippen LogP contribution in [0.1, 0.15) is 70.7 Å². The lowest BCUT2D eigenvalue weighted by Crippen LogP contribution is -2.46. The van der Waals surface area contributed by atoms with Gasteiger partial charge in [0.2, 0.25) is 0 Å². The third-order valence-electron chi connectivity index (χ3n) is 5.72. The standard InChI is InChI=1S/C20H28N2O4/c1-13(22(17(23)24)19(2,3)4)14-7-9-15(10-8-14)16-20(5)11-6-12-21(20)18(25)26-16/h7-10,13,16H,6,11-12H2,1-5H3,(H,23,24)/t13-,16+,20+/m0/s1. The molecular formula is C20H28N2O4. The Labute approximate surface area is 154 Å². The second-order valence-electron chi connectivity index (χ2n) is 8.54. The zero-order valence-corrected chi connectivity index (χ0v) is 16.2. The molecule has 0 unspecified atom stereocenters. The van der Waals surface area contributed by atoms with Crippen LogP contribution in [0.5, 0.6) is 0 Å². The Morgan fingerprint density at radius 2 is 1.96 bits per heavy atom. The minimum Gasteiger partial charge on any atom is -0.465 e. The van der Waals surface area contributed by atoms with Gasteiger partial charge in [0, 0.05) is 12.1 Å². The number of benzene rings is 1. The molecule has 6 heteroatoms. The molecule has 1 aromatic rings. The van der Waals surface area contributed by atoms with Gasteiger partial charge in [-0.1, -0.05) is 24.3 Å². The summed E-state index contributed by atoms with van der Waals surface area (Å²) in [6.45, 7) is 10.4. The molecule has 2 fully saturated rings. The van der Waals surface area contributed by atoms with Gasteiger partial charge in [-0.05, 0) is 58.6 Å². The van der Waals surface area contributed by atoms with Gasteiger partial charge in [-0.3, -0.25) is 9.80 Å². The Morgan fingerprint density at radius 1 is 1.35 bits per heavy atom. The maximum absolute atomic E-state index is 12.1. The van der Waals surface area contributed by atoms with Gasteiger partial charge in [-0.15, -0.1) is 0 Å². The van der Waals surface area contributed by atoms with E-state index in [4.69, 9.17) is 4.74 Å². The van der Waals surface area contributed by atoms with Crippen molar-refractivity contribution in [3.05, 3.63) is 35.4 Å². The first-order valence-corrected chi connectivity index (χ1v) is 9.16. The third kappa shape index (κ3) is 2.91. The molecule has 2 amide bonds. The van der Waals surface area contributed by atoms with Gasteiger partial charge >= 0.3 is 12.2 Å². The van der Waals surface area contributed by atoms with Gasteiger partial charge in [0.05, 0.1) is 11.6 Å². The quantitative estimate of drug-likeness (QED) is 0.857. The lowest BCUT2D eigenvalue weighted by molar-refractivity contribution is 0.0752. The molecule has 3 atom stereocenters. The van der Waals surface area contributed by atoms with E-state index in [-0.39, 0.29) is 23.8 Å². The van der Waals surface area contributed by atoms with Gasteiger partial charge in [-0.25, -0.2) is 9.59 Å². The molecule has 142 valence electrons. The van der Waals surface area contributed by atoms with Crippen molar-refractivity contribution >= 4 is 12.2 Å². The summed E-state index contributed by atoms with van der Waals surface area (Å²) in [7, 11) is 0. The van der Waals surface area contributed by atoms with Crippen molar-refractivity contribution in [2.75, 3.05) is 6.54 Å². The van der Waals surface area contributed by atoms with Crippen LogP contribution in [0.25, 0.3) is 0 Å². The number of rotatable bonds is 3. The Hall–Kier alpha value is -2.24.